The average molecular weight is 411 g/mol. The minimum atomic E-state index is -3.82. The quantitative estimate of drug-likeness (QED) is 0.760. The van der Waals surface area contributed by atoms with Gasteiger partial charge in [0.25, 0.3) is 0 Å². The fraction of sp³-hybridized carbons (Fsp3) is 0.278. The zero-order valence-electron chi connectivity index (χ0n) is 14.6. The maximum absolute atomic E-state index is 12.3. The number of benzene rings is 2. The standard InChI is InChI=1S/C18H19ClN2O5S/c1-12(21-27(23,24)15-5-3-14(19)4-6-15)18(22)20-11-13-2-7-16-17(10-13)26-9-8-25-16/h2-7,10,12,21H,8-9,11H2,1H3,(H,20,22). The molecule has 0 aromatic heterocycles. The Morgan fingerprint density at radius 1 is 1.11 bits per heavy atom. The number of sulfonamides is 1. The summed E-state index contributed by atoms with van der Waals surface area (Å²) in [6, 6.07) is 10.2. The minimum Gasteiger partial charge on any atom is -0.486 e. The molecule has 0 saturated heterocycles. The Morgan fingerprint density at radius 3 is 2.48 bits per heavy atom. The van der Waals surface area contributed by atoms with Gasteiger partial charge in [0.1, 0.15) is 13.2 Å². The summed E-state index contributed by atoms with van der Waals surface area (Å²) in [6.07, 6.45) is 0. The molecule has 0 aliphatic carbocycles. The predicted molar refractivity (Wildman–Crippen MR) is 101 cm³/mol. The third-order valence-electron chi connectivity index (χ3n) is 3.92. The van der Waals surface area contributed by atoms with Crippen molar-refractivity contribution in [3.05, 3.63) is 53.1 Å². The zero-order valence-corrected chi connectivity index (χ0v) is 16.1. The van der Waals surface area contributed by atoms with Gasteiger partial charge in [0.05, 0.1) is 10.9 Å². The molecule has 3 rings (SSSR count). The van der Waals surface area contributed by atoms with Crippen LogP contribution in [0.25, 0.3) is 0 Å². The molecule has 1 amide bonds. The number of amides is 1. The van der Waals surface area contributed by atoms with Crippen molar-refractivity contribution in [1.82, 2.24) is 10.0 Å². The first kappa shape index (κ1) is 19.5. The first-order chi connectivity index (χ1) is 12.8. The third-order valence-corrected chi connectivity index (χ3v) is 5.73. The van der Waals surface area contributed by atoms with Crippen LogP contribution in [-0.4, -0.2) is 33.6 Å². The highest BCUT2D eigenvalue weighted by atomic mass is 35.5. The molecule has 7 nitrogen and oxygen atoms in total. The molecule has 2 aromatic carbocycles. The summed E-state index contributed by atoms with van der Waals surface area (Å²) < 4.78 is 38.0. The predicted octanol–water partition coefficient (Wildman–Crippen LogP) is 2.09. The molecular weight excluding hydrogens is 392 g/mol. The number of hydrogen-bond acceptors (Lipinski definition) is 5. The molecule has 0 saturated carbocycles. The van der Waals surface area contributed by atoms with Gasteiger partial charge in [-0.25, -0.2) is 8.42 Å². The third kappa shape index (κ3) is 4.91. The van der Waals surface area contributed by atoms with E-state index < -0.39 is 22.0 Å². The van der Waals surface area contributed by atoms with Crippen molar-refractivity contribution in [3.8, 4) is 11.5 Å². The van der Waals surface area contributed by atoms with Crippen molar-refractivity contribution >= 4 is 27.5 Å². The summed E-state index contributed by atoms with van der Waals surface area (Å²) in [4.78, 5) is 12.3. The van der Waals surface area contributed by atoms with E-state index in [1.807, 2.05) is 6.07 Å². The molecule has 27 heavy (non-hydrogen) atoms. The van der Waals surface area contributed by atoms with Crippen LogP contribution >= 0.6 is 11.6 Å². The molecule has 1 unspecified atom stereocenters. The Balaban J connectivity index is 1.58. The van der Waals surface area contributed by atoms with Gasteiger partial charge in [-0.15, -0.1) is 0 Å². The van der Waals surface area contributed by atoms with Crippen LogP contribution in [-0.2, 0) is 21.4 Å². The monoisotopic (exact) mass is 410 g/mol. The normalized spacial score (nSPS) is 14.4. The first-order valence-corrected chi connectivity index (χ1v) is 10.2. The van der Waals surface area contributed by atoms with E-state index in [0.29, 0.717) is 29.7 Å². The lowest BCUT2D eigenvalue weighted by atomic mass is 10.2. The molecular formula is C18H19ClN2O5S. The van der Waals surface area contributed by atoms with Crippen LogP contribution in [0.4, 0.5) is 0 Å². The summed E-state index contributed by atoms with van der Waals surface area (Å²) in [7, 11) is -3.82. The molecule has 2 aromatic rings. The SMILES string of the molecule is CC(NS(=O)(=O)c1ccc(Cl)cc1)C(=O)NCc1ccc2c(c1)OCCO2. The average Bonchev–Trinajstić information content (AvgIpc) is 2.66. The van der Waals surface area contributed by atoms with E-state index in [-0.39, 0.29) is 11.4 Å². The van der Waals surface area contributed by atoms with Gasteiger partial charge in [0.2, 0.25) is 15.9 Å². The van der Waals surface area contributed by atoms with Gasteiger partial charge in [-0.05, 0) is 48.9 Å². The van der Waals surface area contributed by atoms with Crippen LogP contribution in [0.3, 0.4) is 0 Å². The molecule has 1 aliphatic heterocycles. The van der Waals surface area contributed by atoms with E-state index >= 15 is 0 Å². The molecule has 0 spiro atoms. The molecule has 9 heteroatoms. The van der Waals surface area contributed by atoms with Crippen molar-refractivity contribution < 1.29 is 22.7 Å². The Hall–Kier alpha value is -2.29. The maximum atomic E-state index is 12.3. The lowest BCUT2D eigenvalue weighted by Gasteiger charge is -2.19. The summed E-state index contributed by atoms with van der Waals surface area (Å²) in [6.45, 7) is 2.70. The Morgan fingerprint density at radius 2 is 1.78 bits per heavy atom. The minimum absolute atomic E-state index is 0.0402. The van der Waals surface area contributed by atoms with Gasteiger partial charge in [-0.1, -0.05) is 17.7 Å². The highest BCUT2D eigenvalue weighted by molar-refractivity contribution is 7.89. The number of rotatable bonds is 6. The van der Waals surface area contributed by atoms with Crippen molar-refractivity contribution in [2.24, 2.45) is 0 Å². The van der Waals surface area contributed by atoms with Gasteiger partial charge in [-0.3, -0.25) is 4.79 Å². The molecule has 1 aliphatic rings. The Kier molecular flexibility index (Phi) is 5.88. The second-order valence-corrected chi connectivity index (χ2v) is 8.14. The van der Waals surface area contributed by atoms with Gasteiger partial charge in [-0.2, -0.15) is 4.72 Å². The van der Waals surface area contributed by atoms with E-state index in [2.05, 4.69) is 10.0 Å². The highest BCUT2D eigenvalue weighted by Gasteiger charge is 2.22. The van der Waals surface area contributed by atoms with E-state index in [1.165, 1.54) is 31.2 Å². The number of carbonyl (C=O) groups is 1. The first-order valence-electron chi connectivity index (χ1n) is 8.29. The fourth-order valence-electron chi connectivity index (χ4n) is 2.51. The van der Waals surface area contributed by atoms with E-state index in [9.17, 15) is 13.2 Å². The van der Waals surface area contributed by atoms with Crippen molar-refractivity contribution in [2.45, 2.75) is 24.4 Å². The molecule has 144 valence electrons. The second-order valence-electron chi connectivity index (χ2n) is 5.99. The highest BCUT2D eigenvalue weighted by Crippen LogP contribution is 2.30. The van der Waals surface area contributed by atoms with Gasteiger partial charge >= 0.3 is 0 Å². The van der Waals surface area contributed by atoms with Crippen LogP contribution in [0.5, 0.6) is 11.5 Å². The number of halogens is 1. The number of carbonyl (C=O) groups excluding carboxylic acids is 1. The van der Waals surface area contributed by atoms with E-state index in [1.54, 1.807) is 12.1 Å². The molecule has 0 bridgehead atoms. The number of nitrogens with one attached hydrogen (secondary N) is 2. The van der Waals surface area contributed by atoms with Crippen LogP contribution in [0.15, 0.2) is 47.4 Å². The van der Waals surface area contributed by atoms with Crippen LogP contribution < -0.4 is 19.5 Å². The maximum Gasteiger partial charge on any atom is 0.241 e. The molecule has 0 fully saturated rings. The van der Waals surface area contributed by atoms with Gasteiger partial charge in [0.15, 0.2) is 11.5 Å². The number of ether oxygens (including phenoxy) is 2. The van der Waals surface area contributed by atoms with Crippen molar-refractivity contribution in [2.75, 3.05) is 13.2 Å². The van der Waals surface area contributed by atoms with Crippen LogP contribution in [0.1, 0.15) is 12.5 Å². The summed E-state index contributed by atoms with van der Waals surface area (Å²) in [5.74, 6) is 0.854. The smallest absolute Gasteiger partial charge is 0.241 e. The molecule has 2 N–H and O–H groups in total. The van der Waals surface area contributed by atoms with Crippen molar-refractivity contribution in [3.63, 3.8) is 0 Å². The summed E-state index contributed by atoms with van der Waals surface area (Å²) in [5.41, 5.74) is 0.820. The van der Waals surface area contributed by atoms with Gasteiger partial charge in [0, 0.05) is 11.6 Å². The largest absolute Gasteiger partial charge is 0.486 e. The molecule has 1 atom stereocenters. The number of fused-ring (bicyclic) bond motifs is 1. The van der Waals surface area contributed by atoms with Crippen LogP contribution in [0.2, 0.25) is 5.02 Å². The van der Waals surface area contributed by atoms with Crippen LogP contribution in [0, 0.1) is 0 Å². The molecule has 1 heterocycles. The Labute approximate surface area is 162 Å². The van der Waals surface area contributed by atoms with Crippen molar-refractivity contribution in [1.29, 1.82) is 0 Å². The lowest BCUT2D eigenvalue weighted by Crippen LogP contribution is -2.44. The topological polar surface area (TPSA) is 93.7 Å². The molecule has 0 radical (unpaired) electrons. The lowest BCUT2D eigenvalue weighted by molar-refractivity contribution is -0.122. The van der Waals surface area contributed by atoms with Gasteiger partial charge < -0.3 is 14.8 Å². The Bertz CT molecular complexity index is 931. The number of hydrogen-bond donors (Lipinski definition) is 2. The van der Waals surface area contributed by atoms with E-state index in [0.717, 1.165) is 5.56 Å². The fourth-order valence-corrected chi connectivity index (χ4v) is 3.84. The summed E-state index contributed by atoms with van der Waals surface area (Å²) in [5, 5.41) is 3.14. The van der Waals surface area contributed by atoms with E-state index in [4.69, 9.17) is 21.1 Å². The second kappa shape index (κ2) is 8.16. The zero-order chi connectivity index (χ0) is 19.4. The summed E-state index contributed by atoms with van der Waals surface area (Å²) >= 11 is 5.77.